The van der Waals surface area contributed by atoms with Crippen LogP contribution < -0.4 is 10.6 Å². The average Bonchev–Trinajstić information content (AvgIpc) is 2.81. The molecule has 1 aliphatic carbocycles. The number of piperidine rings is 1. The Morgan fingerprint density at radius 3 is 2.78 bits per heavy atom. The van der Waals surface area contributed by atoms with Crippen molar-refractivity contribution in [2.45, 2.75) is 25.8 Å². The van der Waals surface area contributed by atoms with Gasteiger partial charge in [-0.2, -0.15) is 0 Å². The number of hydrogen-bond donors (Lipinski definition) is 2. The molecule has 2 fully saturated rings. The largest absolute Gasteiger partial charge is 0.353 e. The van der Waals surface area contributed by atoms with E-state index in [4.69, 9.17) is 0 Å². The summed E-state index contributed by atoms with van der Waals surface area (Å²) in [6.45, 7) is 4.25. The Balaban J connectivity index is 1.46. The number of carbonyl (C=O) groups is 1. The molecule has 0 aromatic heterocycles. The molecule has 2 N–H and O–H groups in total. The van der Waals surface area contributed by atoms with Gasteiger partial charge in [0.25, 0.3) is 0 Å². The lowest BCUT2D eigenvalue weighted by Crippen LogP contribution is -2.32. The first-order valence-electron chi connectivity index (χ1n) is 6.80. The van der Waals surface area contributed by atoms with Crippen LogP contribution in [-0.2, 0) is 11.2 Å². The number of fused-ring (bicyclic) bond motifs is 1. The zero-order chi connectivity index (χ0) is 12.5. The van der Waals surface area contributed by atoms with Gasteiger partial charge in [0.15, 0.2) is 0 Å². The molecule has 1 saturated carbocycles. The van der Waals surface area contributed by atoms with Crippen molar-refractivity contribution in [1.82, 2.24) is 10.6 Å². The minimum absolute atomic E-state index is 0.206. The van der Waals surface area contributed by atoms with E-state index in [0.717, 1.165) is 19.5 Å². The first kappa shape index (κ1) is 11.7. The van der Waals surface area contributed by atoms with Crippen LogP contribution in [0.15, 0.2) is 24.3 Å². The highest BCUT2D eigenvalue weighted by Crippen LogP contribution is 2.41. The topological polar surface area (TPSA) is 41.1 Å². The second-order valence-electron chi connectivity index (χ2n) is 5.51. The van der Waals surface area contributed by atoms with Crippen LogP contribution in [0.25, 0.3) is 0 Å². The Kier molecular flexibility index (Phi) is 3.08. The van der Waals surface area contributed by atoms with Crippen LogP contribution in [-0.4, -0.2) is 25.0 Å². The van der Waals surface area contributed by atoms with Gasteiger partial charge in [-0.25, -0.2) is 0 Å². The van der Waals surface area contributed by atoms with E-state index < -0.39 is 0 Å². The zero-order valence-corrected chi connectivity index (χ0v) is 10.8. The van der Waals surface area contributed by atoms with E-state index in [0.29, 0.717) is 24.3 Å². The van der Waals surface area contributed by atoms with Gasteiger partial charge in [0.2, 0.25) is 5.91 Å². The van der Waals surface area contributed by atoms with Crippen LogP contribution in [0.3, 0.4) is 0 Å². The van der Waals surface area contributed by atoms with Gasteiger partial charge in [0.1, 0.15) is 0 Å². The average molecular weight is 244 g/mol. The molecule has 3 heteroatoms. The molecule has 1 aliphatic heterocycles. The molecule has 2 atom stereocenters. The van der Waals surface area contributed by atoms with Crippen molar-refractivity contribution in [1.29, 1.82) is 0 Å². The van der Waals surface area contributed by atoms with Gasteiger partial charge in [-0.1, -0.05) is 24.3 Å². The summed E-state index contributed by atoms with van der Waals surface area (Å²) >= 11 is 0. The van der Waals surface area contributed by atoms with E-state index >= 15 is 0 Å². The van der Waals surface area contributed by atoms with Gasteiger partial charge in [-0.05, 0) is 36.3 Å². The van der Waals surface area contributed by atoms with Gasteiger partial charge in [-0.3, -0.25) is 4.79 Å². The van der Waals surface area contributed by atoms with E-state index in [2.05, 4.69) is 29.7 Å². The van der Waals surface area contributed by atoms with Crippen molar-refractivity contribution in [3.8, 4) is 0 Å². The number of hydrogen-bond acceptors (Lipinski definition) is 2. The first-order chi connectivity index (χ1) is 8.75. The van der Waals surface area contributed by atoms with Crippen molar-refractivity contribution in [3.63, 3.8) is 0 Å². The number of amides is 1. The third-order valence-corrected chi connectivity index (χ3v) is 4.30. The third-order valence-electron chi connectivity index (χ3n) is 4.30. The summed E-state index contributed by atoms with van der Waals surface area (Å²) in [5.74, 6) is 1.61. The summed E-state index contributed by atoms with van der Waals surface area (Å²) in [5, 5.41) is 6.51. The Hall–Kier alpha value is -1.35. The van der Waals surface area contributed by atoms with Crippen LogP contribution >= 0.6 is 0 Å². The Morgan fingerprint density at radius 2 is 2.06 bits per heavy atom. The van der Waals surface area contributed by atoms with Crippen molar-refractivity contribution in [2.24, 2.45) is 11.8 Å². The fourth-order valence-corrected chi connectivity index (χ4v) is 3.03. The monoisotopic (exact) mass is 244 g/mol. The minimum Gasteiger partial charge on any atom is -0.353 e. The molecule has 1 heterocycles. The zero-order valence-electron chi connectivity index (χ0n) is 10.8. The maximum absolute atomic E-state index is 11.9. The highest BCUT2D eigenvalue weighted by molar-refractivity contribution is 5.77. The fraction of sp³-hybridized carbons (Fsp3) is 0.533. The summed E-state index contributed by atoms with van der Waals surface area (Å²) in [6.07, 6.45) is 1.45. The van der Waals surface area contributed by atoms with Crippen molar-refractivity contribution in [2.75, 3.05) is 13.1 Å². The van der Waals surface area contributed by atoms with Gasteiger partial charge in [0.05, 0.1) is 0 Å². The summed E-state index contributed by atoms with van der Waals surface area (Å²) in [4.78, 5) is 11.9. The van der Waals surface area contributed by atoms with E-state index in [-0.39, 0.29) is 5.91 Å². The normalized spacial score (nSPS) is 28.8. The van der Waals surface area contributed by atoms with Gasteiger partial charge in [0, 0.05) is 25.6 Å². The minimum atomic E-state index is 0.206. The molecule has 18 heavy (non-hydrogen) atoms. The summed E-state index contributed by atoms with van der Waals surface area (Å²) in [6, 6.07) is 8.74. The predicted molar refractivity (Wildman–Crippen MR) is 71.3 cm³/mol. The third kappa shape index (κ3) is 2.27. The lowest BCUT2D eigenvalue weighted by atomic mass is 10.0. The molecular formula is C15H20N2O. The quantitative estimate of drug-likeness (QED) is 0.837. The molecule has 3 nitrogen and oxygen atoms in total. The second-order valence-corrected chi connectivity index (χ2v) is 5.51. The number of benzene rings is 1. The van der Waals surface area contributed by atoms with Gasteiger partial charge >= 0.3 is 0 Å². The van der Waals surface area contributed by atoms with Crippen LogP contribution in [0.5, 0.6) is 0 Å². The number of aryl methyl sites for hydroxylation is 2. The highest BCUT2D eigenvalue weighted by atomic mass is 16.1. The fourth-order valence-electron chi connectivity index (χ4n) is 3.03. The number of rotatable bonds is 4. The lowest BCUT2D eigenvalue weighted by Gasteiger charge is -2.08. The van der Waals surface area contributed by atoms with E-state index in [1.54, 1.807) is 0 Å². The molecule has 3 rings (SSSR count). The van der Waals surface area contributed by atoms with Crippen molar-refractivity contribution in [3.05, 3.63) is 35.4 Å². The first-order valence-corrected chi connectivity index (χ1v) is 6.80. The van der Waals surface area contributed by atoms with Gasteiger partial charge in [-0.15, -0.1) is 0 Å². The molecule has 0 radical (unpaired) electrons. The highest BCUT2D eigenvalue weighted by Gasteiger charge is 2.53. The van der Waals surface area contributed by atoms with E-state index in [1.807, 2.05) is 12.1 Å². The standard InChI is InChI=1S/C15H20N2O/c1-10-4-2-3-5-11(10)6-7-14(18)17-15-12-8-16-9-13(12)15/h2-5,12-13,15-16H,6-9H2,1H3,(H,17,18). The molecule has 1 aromatic carbocycles. The number of carbonyl (C=O) groups excluding carboxylic acids is 1. The van der Waals surface area contributed by atoms with E-state index in [9.17, 15) is 4.79 Å². The maximum Gasteiger partial charge on any atom is 0.220 e. The molecular weight excluding hydrogens is 224 g/mol. The molecule has 1 aromatic rings. The van der Waals surface area contributed by atoms with Crippen LogP contribution in [0.4, 0.5) is 0 Å². The van der Waals surface area contributed by atoms with Crippen LogP contribution in [0.2, 0.25) is 0 Å². The Bertz CT molecular complexity index is 448. The molecule has 1 amide bonds. The molecule has 2 aliphatic rings. The van der Waals surface area contributed by atoms with Crippen molar-refractivity contribution < 1.29 is 4.79 Å². The summed E-state index contributed by atoms with van der Waals surface area (Å²) in [5.41, 5.74) is 2.56. The SMILES string of the molecule is Cc1ccccc1CCC(=O)NC1C2CNCC21. The molecule has 0 bridgehead atoms. The molecule has 1 saturated heterocycles. The Labute approximate surface area is 108 Å². The van der Waals surface area contributed by atoms with Crippen molar-refractivity contribution >= 4 is 5.91 Å². The smallest absolute Gasteiger partial charge is 0.220 e. The summed E-state index contributed by atoms with van der Waals surface area (Å²) in [7, 11) is 0. The van der Waals surface area contributed by atoms with Crippen LogP contribution in [0.1, 0.15) is 17.5 Å². The Morgan fingerprint density at radius 1 is 1.33 bits per heavy atom. The molecule has 2 unspecified atom stereocenters. The molecule has 0 spiro atoms. The second kappa shape index (κ2) is 4.73. The molecule has 96 valence electrons. The number of nitrogens with one attached hydrogen (secondary N) is 2. The van der Waals surface area contributed by atoms with Gasteiger partial charge < -0.3 is 10.6 Å². The predicted octanol–water partition coefficient (Wildman–Crippen LogP) is 1.26. The maximum atomic E-state index is 11.9. The summed E-state index contributed by atoms with van der Waals surface area (Å²) < 4.78 is 0. The lowest BCUT2D eigenvalue weighted by molar-refractivity contribution is -0.121. The van der Waals surface area contributed by atoms with E-state index in [1.165, 1.54) is 11.1 Å². The van der Waals surface area contributed by atoms with Crippen LogP contribution in [0, 0.1) is 18.8 Å².